The van der Waals surface area contributed by atoms with E-state index in [1.807, 2.05) is 0 Å². The van der Waals surface area contributed by atoms with Crippen LogP contribution in [0.3, 0.4) is 0 Å². The number of piperidine rings is 1. The lowest BCUT2D eigenvalue weighted by atomic mass is 9.69. The van der Waals surface area contributed by atoms with Gasteiger partial charge < -0.3 is 15.0 Å². The minimum absolute atomic E-state index is 0.0166. The molecular formula is C30H41N3O2+2. The molecule has 4 aliphatic rings. The minimum atomic E-state index is -0.220. The van der Waals surface area contributed by atoms with Crippen molar-refractivity contribution in [1.82, 2.24) is 4.90 Å². The Hall–Kier alpha value is -2.24. The molecular weight excluding hydrogens is 434 g/mol. The van der Waals surface area contributed by atoms with E-state index in [9.17, 15) is 4.79 Å². The van der Waals surface area contributed by atoms with Gasteiger partial charge in [-0.05, 0) is 49.1 Å². The van der Waals surface area contributed by atoms with Crippen LogP contribution in [0.5, 0.6) is 0 Å². The topological polar surface area (TPSA) is 60.3 Å². The number of pyridine rings is 1. The first-order valence-corrected chi connectivity index (χ1v) is 13.9. The number of likely N-dealkylation sites (tertiary alicyclic amines) is 1. The molecule has 0 radical (unpaired) electrons. The second-order valence-electron chi connectivity index (χ2n) is 11.6. The number of quaternary nitrogens is 1. The molecule has 0 bridgehead atoms. The zero-order valence-corrected chi connectivity index (χ0v) is 21.2. The van der Waals surface area contributed by atoms with Crippen LogP contribution in [0.15, 0.2) is 42.5 Å². The number of aromatic amines is 1. The summed E-state index contributed by atoms with van der Waals surface area (Å²) in [4.78, 5) is 20.4. The minimum Gasteiger partial charge on any atom is -0.369 e. The van der Waals surface area contributed by atoms with Crippen molar-refractivity contribution in [3.8, 4) is 0 Å². The Morgan fingerprint density at radius 2 is 1.91 bits per heavy atom. The smallest absolute Gasteiger partial charge is 0.232 e. The average Bonchev–Trinajstić information content (AvgIpc) is 3.32. The van der Waals surface area contributed by atoms with Crippen LogP contribution >= 0.6 is 0 Å². The van der Waals surface area contributed by atoms with Crippen LogP contribution in [-0.4, -0.2) is 43.1 Å². The zero-order valence-electron chi connectivity index (χ0n) is 21.2. The SMILES string of the molecule is Cc1ccc2c([nH+]1)COC[C@]21C[NH2+]CC1C(=O)N1CC[C@@H](c2ccccc2)C[C@H]1C1CCCCC1. The molecule has 3 fully saturated rings. The van der Waals surface area contributed by atoms with Crippen LogP contribution in [0, 0.1) is 18.8 Å². The summed E-state index contributed by atoms with van der Waals surface area (Å²) in [5.74, 6) is 1.58. The van der Waals surface area contributed by atoms with Gasteiger partial charge in [-0.2, -0.15) is 0 Å². The molecule has 1 unspecified atom stereocenters. The number of amides is 1. The van der Waals surface area contributed by atoms with Crippen LogP contribution in [0.25, 0.3) is 0 Å². The van der Waals surface area contributed by atoms with Crippen LogP contribution in [0.2, 0.25) is 0 Å². The first kappa shape index (κ1) is 23.2. The first-order chi connectivity index (χ1) is 17.2. The Bertz CT molecular complexity index is 1050. The maximum atomic E-state index is 14.5. The number of H-pyrrole nitrogens is 1. The Morgan fingerprint density at radius 1 is 1.09 bits per heavy atom. The summed E-state index contributed by atoms with van der Waals surface area (Å²) in [7, 11) is 0. The highest BCUT2D eigenvalue weighted by molar-refractivity contribution is 5.82. The summed E-state index contributed by atoms with van der Waals surface area (Å²) in [5, 5.41) is 2.35. The third-order valence-corrected chi connectivity index (χ3v) is 9.58. The number of ether oxygens (including phenoxy) is 1. The number of rotatable bonds is 3. The Labute approximate surface area is 209 Å². The highest BCUT2D eigenvalue weighted by atomic mass is 16.5. The molecule has 4 atom stereocenters. The van der Waals surface area contributed by atoms with E-state index in [1.165, 1.54) is 43.2 Å². The van der Waals surface area contributed by atoms with E-state index in [0.29, 0.717) is 37.0 Å². The molecule has 1 spiro atoms. The van der Waals surface area contributed by atoms with Gasteiger partial charge in [-0.25, -0.2) is 4.98 Å². The largest absolute Gasteiger partial charge is 0.369 e. The van der Waals surface area contributed by atoms with Crippen LogP contribution < -0.4 is 10.3 Å². The van der Waals surface area contributed by atoms with Crippen molar-refractivity contribution < 1.29 is 19.8 Å². The van der Waals surface area contributed by atoms with E-state index in [0.717, 1.165) is 43.9 Å². The molecule has 1 aromatic heterocycles. The third-order valence-electron chi connectivity index (χ3n) is 9.58. The standard InChI is InChI=1S/C30H39N3O2/c1-21-12-13-25-27(32-21)18-35-20-30(25)19-31-17-26(30)29(34)33-15-14-24(22-8-4-2-5-9-22)16-28(33)23-10-6-3-7-11-23/h2,4-5,8-9,12-13,23-24,26,28,31H,3,6-7,10-11,14-20H2,1H3/p+2/t24-,26?,28+,30-/m1/s1. The molecule has 5 heteroatoms. The van der Waals surface area contributed by atoms with E-state index in [2.05, 4.69) is 64.6 Å². The van der Waals surface area contributed by atoms with Crippen molar-refractivity contribution in [3.63, 3.8) is 0 Å². The lowest BCUT2D eigenvalue weighted by Crippen LogP contribution is -2.82. The predicted octanol–water partition coefficient (Wildman–Crippen LogP) is 3.13. The first-order valence-electron chi connectivity index (χ1n) is 13.9. The quantitative estimate of drug-likeness (QED) is 0.742. The number of aromatic nitrogens is 1. The van der Waals surface area contributed by atoms with Crippen LogP contribution in [-0.2, 0) is 21.6 Å². The number of hydrogen-bond acceptors (Lipinski definition) is 2. The molecule has 5 nitrogen and oxygen atoms in total. The van der Waals surface area contributed by atoms with Gasteiger partial charge in [-0.3, -0.25) is 4.79 Å². The van der Waals surface area contributed by atoms with Gasteiger partial charge in [0.2, 0.25) is 11.6 Å². The molecule has 35 heavy (non-hydrogen) atoms. The summed E-state index contributed by atoms with van der Waals surface area (Å²) in [6.07, 6.45) is 8.72. The molecule has 1 saturated carbocycles. The molecule has 1 amide bonds. The lowest BCUT2D eigenvalue weighted by Gasteiger charge is -2.47. The summed E-state index contributed by atoms with van der Waals surface area (Å²) in [6.45, 7) is 6.05. The maximum absolute atomic E-state index is 14.5. The summed E-state index contributed by atoms with van der Waals surface area (Å²) < 4.78 is 6.15. The number of carbonyl (C=O) groups excluding carboxylic acids is 1. The molecule has 1 aromatic carbocycles. The van der Waals surface area contributed by atoms with Gasteiger partial charge in [0.1, 0.15) is 12.5 Å². The maximum Gasteiger partial charge on any atom is 0.232 e. The van der Waals surface area contributed by atoms with Crippen molar-refractivity contribution >= 4 is 5.91 Å². The molecule has 2 saturated heterocycles. The van der Waals surface area contributed by atoms with E-state index in [1.54, 1.807) is 0 Å². The fraction of sp³-hybridized carbons (Fsp3) is 0.600. The number of nitrogens with two attached hydrogens (primary N) is 1. The van der Waals surface area contributed by atoms with Crippen molar-refractivity contribution in [1.29, 1.82) is 0 Å². The number of aryl methyl sites for hydroxylation is 1. The molecule has 1 aliphatic carbocycles. The van der Waals surface area contributed by atoms with Crippen molar-refractivity contribution in [2.75, 3.05) is 26.2 Å². The van der Waals surface area contributed by atoms with Gasteiger partial charge >= 0.3 is 0 Å². The number of benzene rings is 1. The highest BCUT2D eigenvalue weighted by Gasteiger charge is 2.57. The van der Waals surface area contributed by atoms with Gasteiger partial charge in [0.15, 0.2) is 5.69 Å². The number of carbonyl (C=O) groups is 1. The second kappa shape index (κ2) is 9.67. The average molecular weight is 476 g/mol. The summed E-state index contributed by atoms with van der Waals surface area (Å²) in [5.41, 5.74) is 4.86. The number of nitrogens with zero attached hydrogens (tertiary/aromatic N) is 1. The van der Waals surface area contributed by atoms with Gasteiger partial charge in [0.05, 0.1) is 25.1 Å². The van der Waals surface area contributed by atoms with Crippen molar-refractivity contribution in [2.45, 2.75) is 75.9 Å². The van der Waals surface area contributed by atoms with Crippen LogP contribution in [0.1, 0.15) is 73.4 Å². The predicted molar refractivity (Wildman–Crippen MR) is 135 cm³/mol. The molecule has 3 aliphatic heterocycles. The summed E-state index contributed by atoms with van der Waals surface area (Å²) in [6, 6.07) is 15.8. The molecule has 3 N–H and O–H groups in total. The normalized spacial score (nSPS) is 31.5. The van der Waals surface area contributed by atoms with Gasteiger partial charge in [-0.1, -0.05) is 49.6 Å². The monoisotopic (exact) mass is 475 g/mol. The van der Waals surface area contributed by atoms with Gasteiger partial charge in [0, 0.05) is 31.1 Å². The molecule has 186 valence electrons. The number of hydrogen-bond donors (Lipinski definition) is 1. The lowest BCUT2D eigenvalue weighted by molar-refractivity contribution is -0.640. The van der Waals surface area contributed by atoms with Crippen LogP contribution in [0.4, 0.5) is 0 Å². The highest BCUT2D eigenvalue weighted by Crippen LogP contribution is 2.43. The van der Waals surface area contributed by atoms with Gasteiger partial charge in [-0.15, -0.1) is 0 Å². The van der Waals surface area contributed by atoms with Crippen molar-refractivity contribution in [3.05, 3.63) is 65.0 Å². The Balaban J connectivity index is 1.30. The number of nitrogens with one attached hydrogen (secondary N) is 1. The van der Waals surface area contributed by atoms with E-state index in [4.69, 9.17) is 4.74 Å². The molecule has 6 rings (SSSR count). The van der Waals surface area contributed by atoms with Crippen molar-refractivity contribution in [2.24, 2.45) is 11.8 Å². The van der Waals surface area contributed by atoms with E-state index >= 15 is 0 Å². The fourth-order valence-corrected chi connectivity index (χ4v) is 7.78. The van der Waals surface area contributed by atoms with E-state index in [-0.39, 0.29) is 11.3 Å². The fourth-order valence-electron chi connectivity index (χ4n) is 7.78. The zero-order chi connectivity index (χ0) is 23.8. The molecule has 2 aromatic rings. The second-order valence-corrected chi connectivity index (χ2v) is 11.6. The summed E-state index contributed by atoms with van der Waals surface area (Å²) >= 11 is 0. The Morgan fingerprint density at radius 3 is 2.74 bits per heavy atom. The number of fused-ring (bicyclic) bond motifs is 2. The molecule has 4 heterocycles. The van der Waals surface area contributed by atoms with E-state index < -0.39 is 0 Å². The van der Waals surface area contributed by atoms with Gasteiger partial charge in [0.25, 0.3) is 0 Å². The Kier molecular flexibility index (Phi) is 6.40. The third kappa shape index (κ3) is 4.21.